The van der Waals surface area contributed by atoms with E-state index in [9.17, 15) is 14.4 Å². The van der Waals surface area contributed by atoms with E-state index < -0.39 is 17.5 Å². The van der Waals surface area contributed by atoms with E-state index in [1.807, 2.05) is 38.1 Å². The third kappa shape index (κ3) is 4.23. The summed E-state index contributed by atoms with van der Waals surface area (Å²) < 4.78 is 0. The molecule has 0 aliphatic carbocycles. The lowest BCUT2D eigenvalue weighted by molar-refractivity contribution is -0.134. The fourth-order valence-corrected chi connectivity index (χ4v) is 3.48. The zero-order chi connectivity index (χ0) is 20.2. The van der Waals surface area contributed by atoms with Gasteiger partial charge in [0.1, 0.15) is 12.1 Å². The number of imide groups is 1. The number of hydrogen-bond acceptors (Lipinski definition) is 4. The van der Waals surface area contributed by atoms with Crippen molar-refractivity contribution in [1.29, 1.82) is 0 Å². The molecule has 0 spiro atoms. The lowest BCUT2D eigenvalue weighted by atomic mass is 9.93. The third-order valence-electron chi connectivity index (χ3n) is 5.20. The largest absolute Gasteiger partial charge is 0.369 e. The minimum atomic E-state index is -0.889. The number of benzene rings is 1. The Morgan fingerprint density at radius 2 is 1.74 bits per heavy atom. The van der Waals surface area contributed by atoms with E-state index in [1.165, 1.54) is 0 Å². The molecule has 1 aliphatic heterocycles. The van der Waals surface area contributed by atoms with Crippen LogP contribution < -0.4 is 15.5 Å². The van der Waals surface area contributed by atoms with Crippen LogP contribution in [-0.2, 0) is 9.59 Å². The SMILES string of the molecule is CCN(c1ccc(NC(=O)CN2C(=O)NC(CC)(CC)C2=O)cc1)C(C)C. The molecule has 2 N–H and O–H groups in total. The maximum Gasteiger partial charge on any atom is 0.325 e. The Morgan fingerprint density at radius 1 is 1.15 bits per heavy atom. The van der Waals surface area contributed by atoms with Gasteiger partial charge in [0.05, 0.1) is 0 Å². The molecule has 1 aromatic rings. The van der Waals surface area contributed by atoms with Crippen LogP contribution in [0.4, 0.5) is 16.2 Å². The van der Waals surface area contributed by atoms with Crippen molar-refractivity contribution >= 4 is 29.2 Å². The molecule has 0 unspecified atom stereocenters. The zero-order valence-electron chi connectivity index (χ0n) is 16.8. The molecule has 148 valence electrons. The molecule has 1 fully saturated rings. The van der Waals surface area contributed by atoms with E-state index in [4.69, 9.17) is 0 Å². The smallest absolute Gasteiger partial charge is 0.325 e. The second kappa shape index (κ2) is 8.41. The molecule has 4 amide bonds. The van der Waals surface area contributed by atoms with E-state index in [0.717, 1.165) is 17.1 Å². The summed E-state index contributed by atoms with van der Waals surface area (Å²) in [5, 5.41) is 5.48. The van der Waals surface area contributed by atoms with Crippen LogP contribution in [0.3, 0.4) is 0 Å². The fraction of sp³-hybridized carbons (Fsp3) is 0.550. The molecule has 1 aliphatic rings. The summed E-state index contributed by atoms with van der Waals surface area (Å²) in [6.07, 6.45) is 0.995. The summed E-state index contributed by atoms with van der Waals surface area (Å²) in [6, 6.07) is 7.43. The Balaban J connectivity index is 2.02. The fourth-order valence-electron chi connectivity index (χ4n) is 3.48. The van der Waals surface area contributed by atoms with Crippen LogP contribution in [-0.4, -0.2) is 47.4 Å². The molecule has 1 aromatic carbocycles. The van der Waals surface area contributed by atoms with Gasteiger partial charge in [-0.15, -0.1) is 0 Å². The highest BCUT2D eigenvalue weighted by Gasteiger charge is 2.49. The normalized spacial score (nSPS) is 15.9. The van der Waals surface area contributed by atoms with Gasteiger partial charge in [-0.2, -0.15) is 0 Å². The average molecular weight is 374 g/mol. The molecule has 1 heterocycles. The Kier molecular flexibility index (Phi) is 6.46. The van der Waals surface area contributed by atoms with Crippen molar-refractivity contribution < 1.29 is 14.4 Å². The Labute approximate surface area is 161 Å². The van der Waals surface area contributed by atoms with Gasteiger partial charge in [-0.3, -0.25) is 14.5 Å². The first-order chi connectivity index (χ1) is 12.8. The Hall–Kier alpha value is -2.57. The van der Waals surface area contributed by atoms with E-state index in [-0.39, 0.29) is 12.5 Å². The van der Waals surface area contributed by atoms with Gasteiger partial charge >= 0.3 is 6.03 Å². The van der Waals surface area contributed by atoms with Crippen LogP contribution in [0.5, 0.6) is 0 Å². The molecule has 1 saturated heterocycles. The van der Waals surface area contributed by atoms with Gasteiger partial charge < -0.3 is 15.5 Å². The predicted molar refractivity (Wildman–Crippen MR) is 107 cm³/mol. The van der Waals surface area contributed by atoms with Gasteiger partial charge in [-0.1, -0.05) is 13.8 Å². The molecule has 0 bridgehead atoms. The highest BCUT2D eigenvalue weighted by Crippen LogP contribution is 2.25. The number of carbonyl (C=O) groups excluding carboxylic acids is 3. The van der Waals surface area contributed by atoms with Crippen molar-refractivity contribution in [3.63, 3.8) is 0 Å². The van der Waals surface area contributed by atoms with Crippen LogP contribution in [0.25, 0.3) is 0 Å². The van der Waals surface area contributed by atoms with Gasteiger partial charge in [0, 0.05) is 24.0 Å². The topological polar surface area (TPSA) is 81.8 Å². The molecule has 7 nitrogen and oxygen atoms in total. The van der Waals surface area contributed by atoms with Gasteiger partial charge in [0.2, 0.25) is 5.91 Å². The second-order valence-electron chi connectivity index (χ2n) is 7.09. The predicted octanol–water partition coefficient (Wildman–Crippen LogP) is 2.97. The minimum absolute atomic E-state index is 0.290. The summed E-state index contributed by atoms with van der Waals surface area (Å²) in [7, 11) is 0. The standard InChI is InChI=1S/C20H30N4O3/c1-6-20(7-2)18(26)24(19(27)22-20)13-17(25)21-15-9-11-16(12-10-15)23(8-3)14(4)5/h9-12,14H,6-8,13H2,1-5H3,(H,21,25)(H,22,27). The summed E-state index contributed by atoms with van der Waals surface area (Å²) in [4.78, 5) is 40.3. The Morgan fingerprint density at radius 3 is 2.19 bits per heavy atom. The molecule has 0 aromatic heterocycles. The lowest BCUT2D eigenvalue weighted by Gasteiger charge is -2.27. The van der Waals surface area contributed by atoms with Crippen molar-refractivity contribution in [3.8, 4) is 0 Å². The Bertz CT molecular complexity index is 696. The second-order valence-corrected chi connectivity index (χ2v) is 7.09. The molecular weight excluding hydrogens is 344 g/mol. The number of anilines is 2. The van der Waals surface area contributed by atoms with Gasteiger partial charge in [-0.05, 0) is 57.9 Å². The number of urea groups is 1. The van der Waals surface area contributed by atoms with Gasteiger partial charge in [0.25, 0.3) is 5.91 Å². The summed E-state index contributed by atoms with van der Waals surface area (Å²) in [6.45, 7) is 10.7. The highest BCUT2D eigenvalue weighted by molar-refractivity contribution is 6.10. The molecule has 2 rings (SSSR count). The lowest BCUT2D eigenvalue weighted by Crippen LogP contribution is -2.46. The summed E-state index contributed by atoms with van der Waals surface area (Å²) in [5.74, 6) is -0.732. The van der Waals surface area contributed by atoms with Crippen LogP contribution in [0, 0.1) is 0 Å². The molecular formula is C20H30N4O3. The monoisotopic (exact) mass is 374 g/mol. The minimum Gasteiger partial charge on any atom is -0.369 e. The maximum absolute atomic E-state index is 12.6. The van der Waals surface area contributed by atoms with Gasteiger partial charge in [0.15, 0.2) is 0 Å². The quantitative estimate of drug-likeness (QED) is 0.686. The molecule has 0 saturated carbocycles. The first-order valence-electron chi connectivity index (χ1n) is 9.58. The van der Waals surface area contributed by atoms with E-state index >= 15 is 0 Å². The first-order valence-corrected chi connectivity index (χ1v) is 9.58. The van der Waals surface area contributed by atoms with E-state index in [1.54, 1.807) is 0 Å². The van der Waals surface area contributed by atoms with Gasteiger partial charge in [-0.25, -0.2) is 4.79 Å². The molecule has 0 radical (unpaired) electrons. The van der Waals surface area contributed by atoms with Crippen molar-refractivity contribution in [3.05, 3.63) is 24.3 Å². The highest BCUT2D eigenvalue weighted by atomic mass is 16.2. The van der Waals surface area contributed by atoms with E-state index in [0.29, 0.717) is 24.6 Å². The first kappa shape index (κ1) is 20.7. The zero-order valence-corrected chi connectivity index (χ0v) is 16.8. The summed E-state index contributed by atoms with van der Waals surface area (Å²) >= 11 is 0. The van der Waals surface area contributed by atoms with Crippen molar-refractivity contribution in [1.82, 2.24) is 10.2 Å². The van der Waals surface area contributed by atoms with Crippen molar-refractivity contribution in [2.45, 2.75) is 59.0 Å². The van der Waals surface area contributed by atoms with Crippen LogP contribution in [0.2, 0.25) is 0 Å². The summed E-state index contributed by atoms with van der Waals surface area (Å²) in [5.41, 5.74) is 0.822. The number of nitrogens with one attached hydrogen (secondary N) is 2. The van der Waals surface area contributed by atoms with E-state index in [2.05, 4.69) is 36.3 Å². The van der Waals surface area contributed by atoms with Crippen molar-refractivity contribution in [2.75, 3.05) is 23.3 Å². The molecule has 27 heavy (non-hydrogen) atoms. The number of nitrogens with zero attached hydrogens (tertiary/aromatic N) is 2. The third-order valence-corrected chi connectivity index (χ3v) is 5.20. The van der Waals surface area contributed by atoms with Crippen LogP contribution >= 0.6 is 0 Å². The number of carbonyl (C=O) groups is 3. The number of rotatable bonds is 8. The maximum atomic E-state index is 12.6. The molecule has 0 atom stereocenters. The van der Waals surface area contributed by atoms with Crippen molar-refractivity contribution in [2.24, 2.45) is 0 Å². The molecule has 7 heteroatoms. The van der Waals surface area contributed by atoms with Crippen LogP contribution in [0.15, 0.2) is 24.3 Å². The number of hydrogen-bond donors (Lipinski definition) is 2. The average Bonchev–Trinajstić information content (AvgIpc) is 2.88. The number of amides is 4. The van der Waals surface area contributed by atoms with Crippen LogP contribution in [0.1, 0.15) is 47.5 Å².